The lowest BCUT2D eigenvalue weighted by Crippen LogP contribution is -2.48. The molecule has 1 aromatic carbocycles. The molecule has 0 saturated carbocycles. The van der Waals surface area contributed by atoms with Crippen LogP contribution in [-0.2, 0) is 11.2 Å². The van der Waals surface area contributed by atoms with E-state index in [0.29, 0.717) is 60.3 Å². The fourth-order valence-electron chi connectivity index (χ4n) is 3.45. The maximum Gasteiger partial charge on any atom is 0.239 e. The van der Waals surface area contributed by atoms with Crippen LogP contribution in [0.15, 0.2) is 42.7 Å². The molecular weight excluding hydrogens is 406 g/mol. The Kier molecular flexibility index (Phi) is 6.24. The molecular formula is C23H23N7O2. The lowest BCUT2D eigenvalue weighted by Gasteiger charge is -2.28. The number of aromatic nitrogens is 3. The van der Waals surface area contributed by atoms with Crippen LogP contribution in [0.25, 0.3) is 11.4 Å². The summed E-state index contributed by atoms with van der Waals surface area (Å²) >= 11 is 0. The van der Waals surface area contributed by atoms with Crippen molar-refractivity contribution in [3.8, 4) is 29.0 Å². The van der Waals surface area contributed by atoms with Crippen molar-refractivity contribution < 1.29 is 9.53 Å². The Morgan fingerprint density at radius 1 is 1.25 bits per heavy atom. The van der Waals surface area contributed by atoms with Crippen LogP contribution in [0.4, 0.5) is 5.82 Å². The van der Waals surface area contributed by atoms with Gasteiger partial charge in [-0.2, -0.15) is 5.26 Å². The van der Waals surface area contributed by atoms with Crippen LogP contribution in [0.3, 0.4) is 0 Å². The van der Waals surface area contributed by atoms with Crippen molar-refractivity contribution >= 4 is 11.7 Å². The van der Waals surface area contributed by atoms with Gasteiger partial charge in [-0.05, 0) is 43.7 Å². The molecule has 0 unspecified atom stereocenters. The first-order chi connectivity index (χ1) is 15.6. The number of pyridine rings is 1. The first kappa shape index (κ1) is 21.2. The van der Waals surface area contributed by atoms with Gasteiger partial charge in [-0.3, -0.25) is 4.79 Å². The van der Waals surface area contributed by atoms with E-state index in [1.54, 1.807) is 36.7 Å². The summed E-state index contributed by atoms with van der Waals surface area (Å²) in [5, 5.41) is 12.2. The third kappa shape index (κ3) is 4.82. The van der Waals surface area contributed by atoms with Crippen LogP contribution in [0.2, 0.25) is 0 Å². The quantitative estimate of drug-likeness (QED) is 0.608. The number of nitrogens with zero attached hydrogens (tertiary/aromatic N) is 5. The summed E-state index contributed by atoms with van der Waals surface area (Å²) in [6.45, 7) is 3.87. The Morgan fingerprint density at radius 3 is 2.78 bits per heavy atom. The van der Waals surface area contributed by atoms with E-state index in [0.717, 1.165) is 11.3 Å². The number of nitrogens with one attached hydrogen (secondary N) is 1. The number of nitriles is 1. The fraction of sp³-hybridized carbons (Fsp3) is 0.261. The van der Waals surface area contributed by atoms with Crippen molar-refractivity contribution in [1.82, 2.24) is 20.3 Å². The monoisotopic (exact) mass is 429 g/mol. The number of carbonyl (C=O) groups excluding carboxylic acids is 1. The summed E-state index contributed by atoms with van der Waals surface area (Å²) in [4.78, 5) is 27.1. The van der Waals surface area contributed by atoms with Gasteiger partial charge in [0.2, 0.25) is 5.91 Å². The number of hydrogen-bond acceptors (Lipinski definition) is 8. The molecule has 0 bridgehead atoms. The molecule has 32 heavy (non-hydrogen) atoms. The van der Waals surface area contributed by atoms with Crippen molar-refractivity contribution in [1.29, 1.82) is 5.26 Å². The Bertz CT molecular complexity index is 1170. The lowest BCUT2D eigenvalue weighted by molar-refractivity contribution is -0.120. The van der Waals surface area contributed by atoms with E-state index in [4.69, 9.17) is 10.5 Å². The van der Waals surface area contributed by atoms with E-state index in [9.17, 15) is 10.1 Å². The second-order valence-corrected chi connectivity index (χ2v) is 7.45. The molecule has 1 amide bonds. The van der Waals surface area contributed by atoms with Gasteiger partial charge < -0.3 is 20.7 Å². The zero-order valence-electron chi connectivity index (χ0n) is 17.7. The van der Waals surface area contributed by atoms with Gasteiger partial charge in [-0.15, -0.1) is 0 Å². The van der Waals surface area contributed by atoms with Crippen LogP contribution in [0.1, 0.15) is 16.8 Å². The summed E-state index contributed by atoms with van der Waals surface area (Å²) < 4.78 is 6.20. The number of carbonyl (C=O) groups is 1. The number of aryl methyl sites for hydroxylation is 1. The largest absolute Gasteiger partial charge is 0.456 e. The maximum atomic E-state index is 11.8. The Morgan fingerprint density at radius 2 is 2.06 bits per heavy atom. The minimum atomic E-state index is -0.0405. The summed E-state index contributed by atoms with van der Waals surface area (Å²) in [5.74, 6) is 2.12. The molecule has 9 nitrogen and oxygen atoms in total. The van der Waals surface area contributed by atoms with E-state index in [1.165, 1.54) is 0 Å². The molecule has 3 aromatic rings. The minimum Gasteiger partial charge on any atom is -0.456 e. The molecule has 0 spiro atoms. The van der Waals surface area contributed by atoms with Gasteiger partial charge in [0.15, 0.2) is 5.82 Å². The standard InChI is InChI=1S/C23H23N7O2/c1-15-8-18(10-21(29-15)30-7-6-26-22(31)14-30)32-20-9-16(11-25)2-3-19(20)23-27-12-17(4-5-24)13-28-23/h2-3,8-10,12-13H,4-7,14,24H2,1H3,(H,26,31). The number of ether oxygens (including phenoxy) is 1. The lowest BCUT2D eigenvalue weighted by atomic mass is 10.1. The molecule has 0 radical (unpaired) electrons. The molecule has 3 heterocycles. The third-order valence-electron chi connectivity index (χ3n) is 4.99. The highest BCUT2D eigenvalue weighted by molar-refractivity contribution is 5.82. The molecule has 2 aromatic heterocycles. The zero-order chi connectivity index (χ0) is 22.5. The van der Waals surface area contributed by atoms with Gasteiger partial charge in [-0.1, -0.05) is 0 Å². The normalized spacial score (nSPS) is 13.4. The number of piperazine rings is 1. The van der Waals surface area contributed by atoms with Crippen molar-refractivity contribution in [3.05, 3.63) is 59.5 Å². The number of amides is 1. The van der Waals surface area contributed by atoms with Gasteiger partial charge in [-0.25, -0.2) is 15.0 Å². The van der Waals surface area contributed by atoms with E-state index < -0.39 is 0 Å². The van der Waals surface area contributed by atoms with Crippen molar-refractivity contribution in [2.45, 2.75) is 13.3 Å². The van der Waals surface area contributed by atoms with Gasteiger partial charge in [0.1, 0.15) is 17.3 Å². The van der Waals surface area contributed by atoms with Gasteiger partial charge in [0.25, 0.3) is 0 Å². The number of rotatable bonds is 6. The van der Waals surface area contributed by atoms with E-state index in [1.807, 2.05) is 17.9 Å². The molecule has 1 aliphatic heterocycles. The number of anilines is 1. The molecule has 0 atom stereocenters. The molecule has 3 N–H and O–H groups in total. The molecule has 1 fully saturated rings. The fourth-order valence-corrected chi connectivity index (χ4v) is 3.45. The molecule has 9 heteroatoms. The molecule has 1 saturated heterocycles. The highest BCUT2D eigenvalue weighted by Gasteiger charge is 2.19. The Hall–Kier alpha value is -4.03. The number of benzene rings is 1. The van der Waals surface area contributed by atoms with Crippen LogP contribution >= 0.6 is 0 Å². The molecule has 1 aliphatic rings. The zero-order valence-corrected chi connectivity index (χ0v) is 17.7. The SMILES string of the molecule is Cc1cc(Oc2cc(C#N)ccc2-c2ncc(CCN)cn2)cc(N2CCNC(=O)C2)n1. The Labute approximate surface area is 185 Å². The predicted molar refractivity (Wildman–Crippen MR) is 119 cm³/mol. The molecule has 0 aliphatic carbocycles. The van der Waals surface area contributed by atoms with Crippen LogP contribution < -0.4 is 20.7 Å². The van der Waals surface area contributed by atoms with Crippen LogP contribution in [0.5, 0.6) is 11.5 Å². The highest BCUT2D eigenvalue weighted by atomic mass is 16.5. The van der Waals surface area contributed by atoms with Crippen LogP contribution in [-0.4, -0.2) is 47.0 Å². The first-order valence-corrected chi connectivity index (χ1v) is 10.3. The topological polar surface area (TPSA) is 130 Å². The number of hydrogen-bond donors (Lipinski definition) is 2. The van der Waals surface area contributed by atoms with Gasteiger partial charge in [0.05, 0.1) is 23.7 Å². The maximum absolute atomic E-state index is 11.8. The van der Waals surface area contributed by atoms with E-state index >= 15 is 0 Å². The summed E-state index contributed by atoms with van der Waals surface area (Å²) in [7, 11) is 0. The van der Waals surface area contributed by atoms with E-state index in [-0.39, 0.29) is 12.5 Å². The minimum absolute atomic E-state index is 0.0405. The van der Waals surface area contributed by atoms with Crippen molar-refractivity contribution in [3.63, 3.8) is 0 Å². The number of nitrogens with two attached hydrogens (primary N) is 1. The second-order valence-electron chi connectivity index (χ2n) is 7.45. The Balaban J connectivity index is 1.68. The summed E-state index contributed by atoms with van der Waals surface area (Å²) in [6, 6.07) is 10.9. The average molecular weight is 429 g/mol. The second kappa shape index (κ2) is 9.41. The average Bonchev–Trinajstić information content (AvgIpc) is 2.79. The van der Waals surface area contributed by atoms with Crippen molar-refractivity contribution in [2.75, 3.05) is 31.1 Å². The molecule has 4 rings (SSSR count). The third-order valence-corrected chi connectivity index (χ3v) is 4.99. The smallest absolute Gasteiger partial charge is 0.239 e. The van der Waals surface area contributed by atoms with Gasteiger partial charge >= 0.3 is 0 Å². The van der Waals surface area contributed by atoms with E-state index in [2.05, 4.69) is 26.3 Å². The first-order valence-electron chi connectivity index (χ1n) is 10.3. The summed E-state index contributed by atoms with van der Waals surface area (Å²) in [5.41, 5.74) is 8.43. The van der Waals surface area contributed by atoms with Gasteiger partial charge in [0, 0.05) is 43.3 Å². The van der Waals surface area contributed by atoms with Crippen LogP contribution in [0, 0.1) is 18.3 Å². The summed E-state index contributed by atoms with van der Waals surface area (Å²) in [6.07, 6.45) is 4.19. The highest BCUT2D eigenvalue weighted by Crippen LogP contribution is 2.34. The predicted octanol–water partition coefficient (Wildman–Crippen LogP) is 1.95. The molecule has 162 valence electrons. The van der Waals surface area contributed by atoms with Crippen molar-refractivity contribution in [2.24, 2.45) is 5.73 Å².